The molecule has 8 heteroatoms. The molecule has 0 heterocycles. The third kappa shape index (κ3) is 6.17. The number of aliphatic hydroxyl groups excluding tert-OH is 1. The lowest BCUT2D eigenvalue weighted by Gasteiger charge is -2.40. The van der Waals surface area contributed by atoms with Gasteiger partial charge in [0.1, 0.15) is 12.6 Å². The van der Waals surface area contributed by atoms with Gasteiger partial charge in [-0.25, -0.2) is 4.79 Å². The molecular formula is C18H25F3N2O3. The minimum absolute atomic E-state index is 0.133. The average Bonchev–Trinajstić information content (AvgIpc) is 2.60. The Morgan fingerprint density at radius 1 is 1.31 bits per heavy atom. The molecular weight excluding hydrogens is 349 g/mol. The van der Waals surface area contributed by atoms with Crippen molar-refractivity contribution in [1.82, 2.24) is 10.6 Å². The van der Waals surface area contributed by atoms with Crippen molar-refractivity contribution in [2.75, 3.05) is 6.61 Å². The Balaban J connectivity index is 1.76. The van der Waals surface area contributed by atoms with E-state index >= 15 is 0 Å². The molecule has 146 valence electrons. The molecule has 1 aliphatic carbocycles. The summed E-state index contributed by atoms with van der Waals surface area (Å²) in [6.07, 6.45) is -3.01. The minimum Gasteiger partial charge on any atom is -0.445 e. The Hall–Kier alpha value is -1.80. The van der Waals surface area contributed by atoms with Gasteiger partial charge < -0.3 is 15.2 Å². The molecule has 0 unspecified atom stereocenters. The highest BCUT2D eigenvalue weighted by Gasteiger charge is 2.44. The first-order valence-corrected chi connectivity index (χ1v) is 8.64. The Kier molecular flexibility index (Phi) is 6.88. The van der Waals surface area contributed by atoms with Crippen LogP contribution in [0.25, 0.3) is 0 Å². The summed E-state index contributed by atoms with van der Waals surface area (Å²) in [5.41, 5.74) is 0.153. The average molecular weight is 374 g/mol. The van der Waals surface area contributed by atoms with Crippen molar-refractivity contribution in [3.8, 4) is 0 Å². The summed E-state index contributed by atoms with van der Waals surface area (Å²) in [6.45, 7) is 0.889. The van der Waals surface area contributed by atoms with E-state index in [9.17, 15) is 18.0 Å². The SMILES string of the molecule is CC1(N[C@H](CO)C(F)(F)F)CCC(NC(=O)OCc2ccccc2)CC1. The maximum absolute atomic E-state index is 12.8. The zero-order chi connectivity index (χ0) is 19.2. The van der Waals surface area contributed by atoms with Gasteiger partial charge in [0.2, 0.25) is 0 Å². The summed E-state index contributed by atoms with van der Waals surface area (Å²) < 4.78 is 43.6. The molecule has 1 fully saturated rings. The van der Waals surface area contributed by atoms with E-state index in [0.29, 0.717) is 25.7 Å². The summed E-state index contributed by atoms with van der Waals surface area (Å²) in [4.78, 5) is 11.9. The van der Waals surface area contributed by atoms with Gasteiger partial charge in [0, 0.05) is 11.6 Å². The van der Waals surface area contributed by atoms with Crippen molar-refractivity contribution < 1.29 is 27.8 Å². The third-order valence-electron chi connectivity index (χ3n) is 4.72. The summed E-state index contributed by atoms with van der Waals surface area (Å²) in [5, 5.41) is 14.3. The second kappa shape index (κ2) is 8.73. The number of halogens is 3. The first-order chi connectivity index (χ1) is 12.2. The second-order valence-electron chi connectivity index (χ2n) is 6.96. The number of amides is 1. The van der Waals surface area contributed by atoms with Crippen molar-refractivity contribution in [2.45, 2.75) is 63.0 Å². The van der Waals surface area contributed by atoms with E-state index in [1.54, 1.807) is 6.92 Å². The van der Waals surface area contributed by atoms with Gasteiger partial charge in [-0.05, 0) is 38.2 Å². The number of ether oxygens (including phenoxy) is 1. The number of alkyl carbamates (subject to hydrolysis) is 1. The van der Waals surface area contributed by atoms with E-state index in [-0.39, 0.29) is 12.6 Å². The number of aliphatic hydroxyl groups is 1. The number of hydrogen-bond acceptors (Lipinski definition) is 4. The molecule has 0 spiro atoms. The van der Waals surface area contributed by atoms with Gasteiger partial charge in [0.25, 0.3) is 0 Å². The molecule has 0 saturated heterocycles. The molecule has 0 aromatic heterocycles. The quantitative estimate of drug-likeness (QED) is 0.716. The second-order valence-corrected chi connectivity index (χ2v) is 6.96. The molecule has 0 radical (unpaired) electrons. The van der Waals surface area contributed by atoms with Crippen LogP contribution in [0.5, 0.6) is 0 Å². The highest BCUT2D eigenvalue weighted by Crippen LogP contribution is 2.31. The van der Waals surface area contributed by atoms with Gasteiger partial charge in [0.05, 0.1) is 6.61 Å². The zero-order valence-corrected chi connectivity index (χ0v) is 14.7. The minimum atomic E-state index is -4.49. The molecule has 1 amide bonds. The molecule has 2 rings (SSSR count). The van der Waals surface area contributed by atoms with Crippen molar-refractivity contribution in [3.63, 3.8) is 0 Å². The maximum Gasteiger partial charge on any atom is 0.407 e. The van der Waals surface area contributed by atoms with Crippen LogP contribution >= 0.6 is 0 Å². The fraction of sp³-hybridized carbons (Fsp3) is 0.611. The first kappa shape index (κ1) is 20.5. The molecule has 1 saturated carbocycles. The smallest absolute Gasteiger partial charge is 0.407 e. The van der Waals surface area contributed by atoms with Crippen LogP contribution in [0.3, 0.4) is 0 Å². The number of benzene rings is 1. The number of rotatable bonds is 6. The molecule has 1 aliphatic rings. The Bertz CT molecular complexity index is 573. The van der Waals surface area contributed by atoms with E-state index in [1.165, 1.54) is 0 Å². The summed E-state index contributed by atoms with van der Waals surface area (Å²) in [6, 6.07) is 7.21. The van der Waals surface area contributed by atoms with Crippen LogP contribution in [0, 0.1) is 0 Å². The Morgan fingerprint density at radius 3 is 2.46 bits per heavy atom. The summed E-state index contributed by atoms with van der Waals surface area (Å²) >= 11 is 0. The van der Waals surface area contributed by atoms with E-state index in [4.69, 9.17) is 9.84 Å². The lowest BCUT2D eigenvalue weighted by molar-refractivity contribution is -0.169. The zero-order valence-electron chi connectivity index (χ0n) is 14.7. The largest absolute Gasteiger partial charge is 0.445 e. The van der Waals surface area contributed by atoms with Crippen LogP contribution in [-0.2, 0) is 11.3 Å². The van der Waals surface area contributed by atoms with Gasteiger partial charge in [0.15, 0.2) is 0 Å². The standard InChI is InChI=1S/C18H25F3N2O3/c1-17(23-15(11-24)18(19,20)21)9-7-14(8-10-17)22-16(25)26-12-13-5-3-2-4-6-13/h2-6,14-15,23-24H,7-12H2,1H3,(H,22,25)/t14?,15-,17?/m1/s1. The molecule has 26 heavy (non-hydrogen) atoms. The van der Waals surface area contributed by atoms with E-state index in [0.717, 1.165) is 5.56 Å². The summed E-state index contributed by atoms with van der Waals surface area (Å²) in [7, 11) is 0. The van der Waals surface area contributed by atoms with E-state index < -0.39 is 30.5 Å². The maximum atomic E-state index is 12.8. The van der Waals surface area contributed by atoms with Crippen LogP contribution in [0.1, 0.15) is 38.2 Å². The lowest BCUT2D eigenvalue weighted by Crippen LogP contribution is -2.58. The van der Waals surface area contributed by atoms with Gasteiger partial charge in [-0.15, -0.1) is 0 Å². The molecule has 1 aromatic carbocycles. The number of nitrogens with one attached hydrogen (secondary N) is 2. The van der Waals surface area contributed by atoms with Crippen LogP contribution in [0.2, 0.25) is 0 Å². The van der Waals surface area contributed by atoms with E-state index in [2.05, 4.69) is 10.6 Å². The van der Waals surface area contributed by atoms with Gasteiger partial charge in [-0.3, -0.25) is 5.32 Å². The monoisotopic (exact) mass is 374 g/mol. The number of alkyl halides is 3. The van der Waals surface area contributed by atoms with Crippen molar-refractivity contribution in [2.24, 2.45) is 0 Å². The normalized spacial score (nSPS) is 24.7. The molecule has 0 aliphatic heterocycles. The Morgan fingerprint density at radius 2 is 1.92 bits per heavy atom. The molecule has 3 N–H and O–H groups in total. The van der Waals surface area contributed by atoms with Crippen LogP contribution in [-0.4, -0.2) is 41.6 Å². The van der Waals surface area contributed by atoms with Crippen molar-refractivity contribution >= 4 is 6.09 Å². The molecule has 1 atom stereocenters. The molecule has 0 bridgehead atoms. The number of carbonyl (C=O) groups is 1. The number of hydrogen-bond donors (Lipinski definition) is 3. The lowest BCUT2D eigenvalue weighted by atomic mass is 9.80. The van der Waals surface area contributed by atoms with Crippen molar-refractivity contribution in [3.05, 3.63) is 35.9 Å². The number of carbonyl (C=O) groups excluding carboxylic acids is 1. The third-order valence-corrected chi connectivity index (χ3v) is 4.72. The van der Waals surface area contributed by atoms with Crippen LogP contribution in [0.15, 0.2) is 30.3 Å². The van der Waals surface area contributed by atoms with Crippen LogP contribution in [0.4, 0.5) is 18.0 Å². The fourth-order valence-corrected chi connectivity index (χ4v) is 3.13. The van der Waals surface area contributed by atoms with Gasteiger partial charge in [-0.1, -0.05) is 30.3 Å². The van der Waals surface area contributed by atoms with Crippen molar-refractivity contribution in [1.29, 1.82) is 0 Å². The fourth-order valence-electron chi connectivity index (χ4n) is 3.13. The van der Waals surface area contributed by atoms with E-state index in [1.807, 2.05) is 30.3 Å². The predicted molar refractivity (Wildman–Crippen MR) is 90.5 cm³/mol. The first-order valence-electron chi connectivity index (χ1n) is 8.64. The van der Waals surface area contributed by atoms with Gasteiger partial charge in [-0.2, -0.15) is 13.2 Å². The Labute approximate surface area is 150 Å². The van der Waals surface area contributed by atoms with Crippen LogP contribution < -0.4 is 10.6 Å². The van der Waals surface area contributed by atoms with Gasteiger partial charge >= 0.3 is 12.3 Å². The highest BCUT2D eigenvalue weighted by molar-refractivity contribution is 5.67. The predicted octanol–water partition coefficient (Wildman–Crippen LogP) is 3.13. The highest BCUT2D eigenvalue weighted by atomic mass is 19.4. The topological polar surface area (TPSA) is 70.6 Å². The molecule has 5 nitrogen and oxygen atoms in total. The summed E-state index contributed by atoms with van der Waals surface area (Å²) in [5.74, 6) is 0. The molecule has 1 aromatic rings.